The van der Waals surface area contributed by atoms with Crippen molar-refractivity contribution < 1.29 is 4.52 Å². The van der Waals surface area contributed by atoms with Crippen LogP contribution in [0.4, 0.5) is 0 Å². The molecule has 0 unspecified atom stereocenters. The third-order valence-electron chi connectivity index (χ3n) is 3.06. The van der Waals surface area contributed by atoms with E-state index >= 15 is 0 Å². The van der Waals surface area contributed by atoms with Crippen molar-refractivity contribution in [3.8, 4) is 11.4 Å². The van der Waals surface area contributed by atoms with Crippen LogP contribution < -0.4 is 0 Å². The van der Waals surface area contributed by atoms with Gasteiger partial charge in [-0.15, -0.1) is 0 Å². The molecule has 1 heterocycles. The van der Waals surface area contributed by atoms with E-state index in [4.69, 9.17) is 16.1 Å². The Morgan fingerprint density at radius 2 is 1.76 bits per heavy atom. The lowest BCUT2D eigenvalue weighted by molar-refractivity contribution is 0.411. The zero-order chi connectivity index (χ0) is 14.7. The molecule has 0 saturated carbocycles. The summed E-state index contributed by atoms with van der Waals surface area (Å²) in [6.45, 7) is 2.04. The van der Waals surface area contributed by atoms with Crippen molar-refractivity contribution in [1.29, 1.82) is 0 Å². The van der Waals surface area contributed by atoms with Gasteiger partial charge in [0, 0.05) is 16.7 Å². The maximum atomic E-state index is 6.09. The van der Waals surface area contributed by atoms with Crippen molar-refractivity contribution in [2.45, 2.75) is 6.92 Å². The summed E-state index contributed by atoms with van der Waals surface area (Å²) in [6, 6.07) is 15.6. The molecule has 0 aliphatic rings. The SMILES string of the molecule is Cc1ccc(-c2noc(C=Cc3ccccc3Cl)n2)cc1. The lowest BCUT2D eigenvalue weighted by atomic mass is 10.1. The molecule has 3 rings (SSSR count). The molecule has 4 heteroatoms. The van der Waals surface area contributed by atoms with Gasteiger partial charge in [-0.3, -0.25) is 0 Å². The minimum atomic E-state index is 0.450. The van der Waals surface area contributed by atoms with Gasteiger partial charge in [0.1, 0.15) is 0 Å². The van der Waals surface area contributed by atoms with Crippen LogP contribution in [-0.4, -0.2) is 10.1 Å². The molecule has 0 atom stereocenters. The van der Waals surface area contributed by atoms with E-state index in [1.807, 2.05) is 61.5 Å². The molecule has 3 aromatic rings. The summed E-state index contributed by atoms with van der Waals surface area (Å²) in [4.78, 5) is 4.35. The Morgan fingerprint density at radius 1 is 1.00 bits per heavy atom. The van der Waals surface area contributed by atoms with Crippen molar-refractivity contribution in [2.24, 2.45) is 0 Å². The van der Waals surface area contributed by atoms with Gasteiger partial charge >= 0.3 is 0 Å². The summed E-state index contributed by atoms with van der Waals surface area (Å²) < 4.78 is 5.22. The zero-order valence-electron chi connectivity index (χ0n) is 11.5. The normalized spacial score (nSPS) is 11.1. The van der Waals surface area contributed by atoms with E-state index < -0.39 is 0 Å². The summed E-state index contributed by atoms with van der Waals surface area (Å²) in [5, 5.41) is 4.67. The lowest BCUT2D eigenvalue weighted by Crippen LogP contribution is -1.81. The average molecular weight is 297 g/mol. The predicted octanol–water partition coefficient (Wildman–Crippen LogP) is 4.87. The Balaban J connectivity index is 1.82. The molecule has 1 aromatic heterocycles. The van der Waals surface area contributed by atoms with Gasteiger partial charge in [0.2, 0.25) is 5.82 Å². The molecule has 0 bridgehead atoms. The highest BCUT2D eigenvalue weighted by Crippen LogP contribution is 2.19. The molecule has 0 saturated heterocycles. The molecule has 0 fully saturated rings. The minimum absolute atomic E-state index is 0.450. The third kappa shape index (κ3) is 3.20. The number of halogens is 1. The van der Waals surface area contributed by atoms with Gasteiger partial charge < -0.3 is 4.52 Å². The molecule has 0 aliphatic carbocycles. The van der Waals surface area contributed by atoms with Crippen LogP contribution in [0.3, 0.4) is 0 Å². The highest BCUT2D eigenvalue weighted by molar-refractivity contribution is 6.32. The van der Waals surface area contributed by atoms with E-state index in [9.17, 15) is 0 Å². The fourth-order valence-corrected chi connectivity index (χ4v) is 2.09. The van der Waals surface area contributed by atoms with Crippen LogP contribution in [0.1, 0.15) is 17.0 Å². The molecule has 21 heavy (non-hydrogen) atoms. The number of hydrogen-bond acceptors (Lipinski definition) is 3. The van der Waals surface area contributed by atoms with E-state index in [2.05, 4.69) is 10.1 Å². The quantitative estimate of drug-likeness (QED) is 0.692. The maximum absolute atomic E-state index is 6.09. The third-order valence-corrected chi connectivity index (χ3v) is 3.41. The van der Waals surface area contributed by atoms with Crippen LogP contribution >= 0.6 is 11.6 Å². The summed E-state index contributed by atoms with van der Waals surface area (Å²) in [7, 11) is 0. The van der Waals surface area contributed by atoms with Gasteiger partial charge in [0.15, 0.2) is 0 Å². The van der Waals surface area contributed by atoms with Crippen molar-refractivity contribution >= 4 is 23.8 Å². The van der Waals surface area contributed by atoms with E-state index in [0.717, 1.165) is 11.1 Å². The fraction of sp³-hybridized carbons (Fsp3) is 0.0588. The highest BCUT2D eigenvalue weighted by atomic mass is 35.5. The van der Waals surface area contributed by atoms with Gasteiger partial charge in [0.05, 0.1) is 0 Å². The van der Waals surface area contributed by atoms with Crippen LogP contribution in [0, 0.1) is 6.92 Å². The average Bonchev–Trinajstić information content (AvgIpc) is 2.96. The van der Waals surface area contributed by atoms with E-state index in [1.54, 1.807) is 6.08 Å². The standard InChI is InChI=1S/C17H13ClN2O/c1-12-6-8-14(9-7-12)17-19-16(21-20-17)11-10-13-4-2-3-5-15(13)18/h2-11H,1H3. The Morgan fingerprint density at radius 3 is 2.52 bits per heavy atom. The molecule has 104 valence electrons. The first-order valence-electron chi connectivity index (χ1n) is 6.56. The largest absolute Gasteiger partial charge is 0.334 e. The summed E-state index contributed by atoms with van der Waals surface area (Å²) in [5.41, 5.74) is 3.04. The van der Waals surface area contributed by atoms with Crippen LogP contribution in [0.5, 0.6) is 0 Å². The molecular weight excluding hydrogens is 284 g/mol. The summed E-state index contributed by atoms with van der Waals surface area (Å²) in [5.74, 6) is 1.03. The molecule has 0 N–H and O–H groups in total. The molecule has 0 spiro atoms. The number of benzene rings is 2. The Hall–Kier alpha value is -2.39. The molecule has 0 amide bonds. The number of rotatable bonds is 3. The van der Waals surface area contributed by atoms with Crippen molar-refractivity contribution in [2.75, 3.05) is 0 Å². The van der Waals surface area contributed by atoms with Crippen LogP contribution in [0.25, 0.3) is 23.5 Å². The van der Waals surface area contributed by atoms with Gasteiger partial charge in [-0.1, -0.05) is 64.8 Å². The van der Waals surface area contributed by atoms with Crippen LogP contribution in [0.2, 0.25) is 5.02 Å². The van der Waals surface area contributed by atoms with Crippen molar-refractivity contribution in [3.63, 3.8) is 0 Å². The second kappa shape index (κ2) is 5.94. The van der Waals surface area contributed by atoms with Crippen molar-refractivity contribution in [1.82, 2.24) is 10.1 Å². The summed E-state index contributed by atoms with van der Waals surface area (Å²) >= 11 is 6.09. The number of hydrogen-bond donors (Lipinski definition) is 0. The molecule has 2 aromatic carbocycles. The first kappa shape index (κ1) is 13.6. The Kier molecular flexibility index (Phi) is 3.84. The van der Waals surface area contributed by atoms with E-state index in [-0.39, 0.29) is 0 Å². The Bertz CT molecular complexity index is 775. The van der Waals surface area contributed by atoms with Gasteiger partial charge in [0.25, 0.3) is 5.89 Å². The number of aromatic nitrogens is 2. The van der Waals surface area contributed by atoms with E-state index in [0.29, 0.717) is 16.7 Å². The molecule has 3 nitrogen and oxygen atoms in total. The van der Waals surface area contributed by atoms with Gasteiger partial charge in [-0.2, -0.15) is 4.98 Å². The van der Waals surface area contributed by atoms with Crippen molar-refractivity contribution in [3.05, 3.63) is 70.6 Å². The smallest absolute Gasteiger partial charge is 0.250 e. The van der Waals surface area contributed by atoms with Crippen LogP contribution in [0.15, 0.2) is 53.1 Å². The topological polar surface area (TPSA) is 38.9 Å². The second-order valence-electron chi connectivity index (χ2n) is 4.68. The molecule has 0 radical (unpaired) electrons. The number of nitrogens with zero attached hydrogens (tertiary/aromatic N) is 2. The first-order chi connectivity index (χ1) is 10.2. The maximum Gasteiger partial charge on any atom is 0.250 e. The highest BCUT2D eigenvalue weighted by Gasteiger charge is 2.06. The Labute approximate surface area is 127 Å². The summed E-state index contributed by atoms with van der Waals surface area (Å²) in [6.07, 6.45) is 3.61. The first-order valence-corrected chi connectivity index (χ1v) is 6.93. The van der Waals surface area contributed by atoms with E-state index in [1.165, 1.54) is 5.56 Å². The van der Waals surface area contributed by atoms with Gasteiger partial charge in [-0.05, 0) is 24.6 Å². The molecular formula is C17H13ClN2O. The monoisotopic (exact) mass is 296 g/mol. The second-order valence-corrected chi connectivity index (χ2v) is 5.08. The lowest BCUT2D eigenvalue weighted by Gasteiger charge is -1.95. The molecule has 0 aliphatic heterocycles. The number of aryl methyl sites for hydroxylation is 1. The predicted molar refractivity (Wildman–Crippen MR) is 84.9 cm³/mol. The van der Waals surface area contributed by atoms with Crippen LogP contribution in [-0.2, 0) is 0 Å². The minimum Gasteiger partial charge on any atom is -0.334 e. The zero-order valence-corrected chi connectivity index (χ0v) is 12.2. The van der Waals surface area contributed by atoms with Gasteiger partial charge in [-0.25, -0.2) is 0 Å². The fourth-order valence-electron chi connectivity index (χ4n) is 1.89.